The van der Waals surface area contributed by atoms with Gasteiger partial charge < -0.3 is 64.8 Å². The highest BCUT2D eigenvalue weighted by Crippen LogP contribution is 2.44. The number of morpholine rings is 1. The van der Waals surface area contributed by atoms with Crippen LogP contribution in [0.1, 0.15) is 195 Å². The van der Waals surface area contributed by atoms with Gasteiger partial charge in [-0.3, -0.25) is 57.5 Å². The number of hydrogen-bond acceptors (Lipinski definition) is 13. The molecule has 3 aliphatic heterocycles. The molecule has 8 fully saturated rings. The zero-order chi connectivity index (χ0) is 76.2. The topological polar surface area (TPSA) is 279 Å². The molecule has 3 unspecified atom stereocenters. The number of rotatable bonds is 13. The molecule has 3 heterocycles. The monoisotopic (exact) mass is 1490 g/mol. The lowest BCUT2D eigenvalue weighted by Gasteiger charge is -2.42. The summed E-state index contributed by atoms with van der Waals surface area (Å²) in [5, 5.41) is 7.69. The van der Waals surface area contributed by atoms with Crippen molar-refractivity contribution in [3.8, 4) is 0 Å². The second kappa shape index (κ2) is 37.0. The molecule has 12 amide bonds. The predicted octanol–water partition coefficient (Wildman–Crippen LogP) is 5.97. The number of fused-ring (bicyclic) bond motifs is 1. The maximum absolute atomic E-state index is 15.7. The Bertz CT molecular complexity index is 3050. The molecule has 8 rings (SSSR count). The number of likely N-dealkylation sites (N-methyl/N-ethyl adjacent to an activating group) is 6. The van der Waals surface area contributed by atoms with Crippen LogP contribution in [0.5, 0.6) is 0 Å². The number of carbonyl (C=O) groups excluding carboxylic acids is 12. The van der Waals surface area contributed by atoms with E-state index in [1.165, 1.54) is 86.4 Å². The quantitative estimate of drug-likeness (QED) is 0.180. The molecule has 5 saturated carbocycles. The maximum atomic E-state index is 15.7. The Hall–Kier alpha value is -6.32. The van der Waals surface area contributed by atoms with E-state index in [1.54, 1.807) is 6.92 Å². The Morgan fingerprint density at radius 2 is 1.24 bits per heavy atom. The molecule has 29 heteroatoms. The highest BCUT2D eigenvalue weighted by atomic mass is 35.5. The molecule has 25 nitrogen and oxygen atoms in total. The maximum Gasteiger partial charge on any atom is 0.393 e. The molecule has 5 aliphatic carbocycles. The van der Waals surface area contributed by atoms with Gasteiger partial charge in [-0.2, -0.15) is 13.2 Å². The van der Waals surface area contributed by atoms with Crippen LogP contribution in [-0.2, 0) is 62.3 Å². The highest BCUT2D eigenvalue weighted by Gasteiger charge is 2.53. The van der Waals surface area contributed by atoms with Crippen LogP contribution in [0.2, 0.25) is 0 Å². The van der Waals surface area contributed by atoms with Gasteiger partial charge in [-0.25, -0.2) is 0 Å². The molecule has 104 heavy (non-hydrogen) atoms. The van der Waals surface area contributed by atoms with Crippen molar-refractivity contribution >= 4 is 82.5 Å². The van der Waals surface area contributed by atoms with Crippen molar-refractivity contribution in [1.29, 1.82) is 0 Å². The first kappa shape index (κ1) is 83.3. The van der Waals surface area contributed by atoms with Gasteiger partial charge in [-0.05, 0) is 138 Å². The molecule has 3 saturated heterocycles. The van der Waals surface area contributed by atoms with Crippen molar-refractivity contribution < 1.29 is 75.4 Å². The molecule has 1 spiro atoms. The number of alkyl halides is 4. The zero-order valence-electron chi connectivity index (χ0n) is 63.6. The minimum atomic E-state index is -4.51. The van der Waals surface area contributed by atoms with Crippen molar-refractivity contribution in [2.75, 3.05) is 101 Å². The summed E-state index contributed by atoms with van der Waals surface area (Å²) in [5.41, 5.74) is -1.56. The molecule has 3 N–H and O–H groups in total. The van der Waals surface area contributed by atoms with Crippen LogP contribution < -0.4 is 16.0 Å². The summed E-state index contributed by atoms with van der Waals surface area (Å²) in [5.74, 6) is -10.0. The van der Waals surface area contributed by atoms with Gasteiger partial charge in [-0.1, -0.05) is 92.4 Å². The highest BCUT2D eigenvalue weighted by molar-refractivity contribution is 6.21. The molecular formula is C75H120ClF3N12O13. The van der Waals surface area contributed by atoms with Gasteiger partial charge in [0.25, 0.3) is 0 Å². The Balaban J connectivity index is 1.17. The minimum Gasteiger partial charge on any atom is -0.378 e. The zero-order valence-corrected chi connectivity index (χ0v) is 64.4. The lowest BCUT2D eigenvalue weighted by molar-refractivity contribution is -0.182. The fraction of sp³-hybridized carbons (Fsp3) is 0.840. The SMILES string of the molecule is CC[C@H](C)[C@@H]1NC(=O)[C@H](CC(C)C)N(C)C(=O)C[C@@H](C(=O)N2CCOCC2)N(C)C(=O)[C@H](C2CCCC2)N(C)C(=O)C2(CCCC2)NC(=O)[C@@H]2CCCN2C(=O)[C@H](CCC2CCC(C(F)(F)F)C(Cl)C2)NC(=O)CN(C)C(=O)[C@H](CC2CCC(C)CC2)N(CC2CC2)C(=O)CN(C)C(=O)CN(C)C1=O. The first-order chi connectivity index (χ1) is 49.1. The van der Waals surface area contributed by atoms with Crippen molar-refractivity contribution in [2.24, 2.45) is 47.3 Å². The Labute approximate surface area is 618 Å². The van der Waals surface area contributed by atoms with Gasteiger partial charge >= 0.3 is 6.18 Å². The van der Waals surface area contributed by atoms with Crippen molar-refractivity contribution in [3.05, 3.63) is 0 Å². The van der Waals surface area contributed by atoms with E-state index >= 15 is 38.4 Å². The minimum absolute atomic E-state index is 0.00171. The summed E-state index contributed by atoms with van der Waals surface area (Å²) in [4.78, 5) is 193. The Morgan fingerprint density at radius 1 is 0.625 bits per heavy atom. The fourth-order valence-electron chi connectivity index (χ4n) is 17.2. The standard InChI is InChI=1S/C75H120ClF3N12O13/c1-12-48(5)64-71(101)85(8)44-62(94)83(6)45-63(95)91(42-51-25-26-51)59(40-50-23-21-47(4)22-24-50)69(99)84(7)43-60(92)80-55(30-28-49-27-29-53(54(76)39-49)75(77,78)79)68(98)90-33-17-20-56(90)67(97)82-74(31-15-16-32-74)73(103)88(11)65(52-18-13-14-19-52)72(102)87(10)58(70(100)89-34-36-104-37-35-89)41-61(93)86(9)57(38-46(2)3)66(96)81-64/h46-59,64-65H,12-45H2,1-11H3,(H,80,92)(H,81,96)(H,82,97)/t47?,48-,49?,50?,53?,54?,55-,56-,57-,58-,59-,64-,65-/m0/s1. The fourth-order valence-corrected chi connectivity index (χ4v) is 17.7. The second-order valence-corrected chi connectivity index (χ2v) is 33.1. The number of amides is 12. The molecular weight excluding hydrogens is 1370 g/mol. The largest absolute Gasteiger partial charge is 0.393 e. The molecule has 11 atom stereocenters. The van der Waals surface area contributed by atoms with E-state index in [1.807, 2.05) is 20.8 Å². The van der Waals surface area contributed by atoms with Crippen LogP contribution in [0.4, 0.5) is 13.2 Å². The number of halogens is 4. The van der Waals surface area contributed by atoms with Gasteiger partial charge in [0.15, 0.2) is 0 Å². The molecule has 0 radical (unpaired) electrons. The van der Waals surface area contributed by atoms with Crippen LogP contribution in [0.25, 0.3) is 0 Å². The third kappa shape index (κ3) is 21.1. The number of hydrogen-bond donors (Lipinski definition) is 3. The molecule has 586 valence electrons. The third-order valence-electron chi connectivity index (χ3n) is 24.3. The normalized spacial score (nSPS) is 31.3. The van der Waals surface area contributed by atoms with E-state index in [4.69, 9.17) is 16.3 Å². The number of carbonyl (C=O) groups is 12. The van der Waals surface area contributed by atoms with E-state index in [2.05, 4.69) is 22.9 Å². The van der Waals surface area contributed by atoms with Gasteiger partial charge in [0, 0.05) is 73.8 Å². The van der Waals surface area contributed by atoms with Crippen molar-refractivity contribution in [1.82, 2.24) is 60.0 Å². The van der Waals surface area contributed by atoms with E-state index < -0.39 is 174 Å². The molecule has 0 aromatic heterocycles. The first-order valence-corrected chi connectivity index (χ1v) is 39.2. The van der Waals surface area contributed by atoms with E-state index in [-0.39, 0.29) is 127 Å². The van der Waals surface area contributed by atoms with Crippen LogP contribution >= 0.6 is 11.6 Å². The van der Waals surface area contributed by atoms with Crippen molar-refractivity contribution in [2.45, 2.75) is 255 Å². The summed E-state index contributed by atoms with van der Waals surface area (Å²) >= 11 is 6.44. The summed E-state index contributed by atoms with van der Waals surface area (Å²) in [6.45, 7) is 8.94. The summed E-state index contributed by atoms with van der Waals surface area (Å²) in [6.07, 6.45) is 5.26. The average molecular weight is 1490 g/mol. The van der Waals surface area contributed by atoms with E-state index in [0.29, 0.717) is 44.4 Å². The smallest absolute Gasteiger partial charge is 0.378 e. The van der Waals surface area contributed by atoms with Crippen LogP contribution in [0.3, 0.4) is 0 Å². The van der Waals surface area contributed by atoms with Crippen LogP contribution in [-0.4, -0.2) is 276 Å². The molecule has 0 aromatic carbocycles. The van der Waals surface area contributed by atoms with Gasteiger partial charge in [0.05, 0.1) is 45.2 Å². The number of ether oxygens (including phenoxy) is 1. The van der Waals surface area contributed by atoms with Gasteiger partial charge in [0.2, 0.25) is 70.9 Å². The van der Waals surface area contributed by atoms with E-state index in [9.17, 15) is 32.3 Å². The summed E-state index contributed by atoms with van der Waals surface area (Å²) in [6, 6.07) is -8.59. The van der Waals surface area contributed by atoms with Crippen molar-refractivity contribution in [3.63, 3.8) is 0 Å². The lowest BCUT2D eigenvalue weighted by Crippen LogP contribution is -2.65. The number of nitrogens with zero attached hydrogens (tertiary/aromatic N) is 9. The van der Waals surface area contributed by atoms with Gasteiger partial charge in [0.1, 0.15) is 47.8 Å². The number of nitrogens with one attached hydrogen (secondary N) is 3. The third-order valence-corrected chi connectivity index (χ3v) is 24.7. The molecule has 0 aromatic rings. The van der Waals surface area contributed by atoms with Crippen LogP contribution in [0.15, 0.2) is 0 Å². The average Bonchev–Trinajstić information content (AvgIpc) is 1.50. The Kier molecular flexibility index (Phi) is 29.6. The summed E-state index contributed by atoms with van der Waals surface area (Å²) in [7, 11) is 8.68. The summed E-state index contributed by atoms with van der Waals surface area (Å²) < 4.78 is 47.8. The predicted molar refractivity (Wildman–Crippen MR) is 383 cm³/mol. The second-order valence-electron chi connectivity index (χ2n) is 32.5. The molecule has 8 aliphatic rings. The lowest BCUT2D eigenvalue weighted by atomic mass is 9.78. The van der Waals surface area contributed by atoms with Crippen LogP contribution in [0, 0.1) is 47.3 Å². The first-order valence-electron chi connectivity index (χ1n) is 38.8. The Morgan fingerprint density at radius 3 is 1.85 bits per heavy atom. The van der Waals surface area contributed by atoms with E-state index in [0.717, 1.165) is 51.4 Å². The van der Waals surface area contributed by atoms with Gasteiger partial charge in [-0.15, -0.1) is 11.6 Å². The molecule has 0 bridgehead atoms.